The molecule has 0 spiro atoms. The van der Waals surface area contributed by atoms with Gasteiger partial charge in [0.15, 0.2) is 0 Å². The Morgan fingerprint density at radius 2 is 2.06 bits per heavy atom. The Balaban J connectivity index is 1.74. The van der Waals surface area contributed by atoms with Crippen LogP contribution in [0.25, 0.3) is 0 Å². The van der Waals surface area contributed by atoms with Crippen LogP contribution in [0, 0.1) is 13.8 Å². The van der Waals surface area contributed by atoms with Crippen LogP contribution >= 0.6 is 0 Å². The van der Waals surface area contributed by atoms with E-state index >= 15 is 0 Å². The molecule has 1 aromatic heterocycles. The van der Waals surface area contributed by atoms with Crippen LogP contribution in [-0.4, -0.2) is 17.1 Å². The molecule has 5 heteroatoms. The predicted molar refractivity (Wildman–Crippen MR) is 68.2 cm³/mol. The maximum absolute atomic E-state index is 11.7. The first-order valence-electron chi connectivity index (χ1n) is 6.62. The average Bonchev–Trinajstić information content (AvgIpc) is 2.68. The Labute approximate surface area is 107 Å². The fourth-order valence-corrected chi connectivity index (χ4v) is 2.25. The van der Waals surface area contributed by atoms with E-state index in [0.717, 1.165) is 24.3 Å². The zero-order valence-corrected chi connectivity index (χ0v) is 11.1. The third-order valence-corrected chi connectivity index (χ3v) is 3.41. The molecule has 0 bridgehead atoms. The Hall–Kier alpha value is -1.52. The Bertz CT molecular complexity index is 389. The van der Waals surface area contributed by atoms with Gasteiger partial charge in [0.2, 0.25) is 5.89 Å². The minimum atomic E-state index is -0.129. The molecule has 1 fully saturated rings. The first kappa shape index (κ1) is 12.9. The number of aromatic nitrogens is 1. The highest BCUT2D eigenvalue weighted by atomic mass is 16.4. The van der Waals surface area contributed by atoms with Crippen LogP contribution in [0.4, 0.5) is 4.79 Å². The molecule has 1 heterocycles. The van der Waals surface area contributed by atoms with Crippen molar-refractivity contribution in [2.75, 3.05) is 0 Å². The summed E-state index contributed by atoms with van der Waals surface area (Å²) in [4.78, 5) is 15.9. The lowest BCUT2D eigenvalue weighted by Gasteiger charge is -2.22. The van der Waals surface area contributed by atoms with Crippen LogP contribution in [0.15, 0.2) is 4.42 Å². The van der Waals surface area contributed by atoms with Crippen LogP contribution in [0.1, 0.15) is 49.4 Å². The number of urea groups is 1. The van der Waals surface area contributed by atoms with Gasteiger partial charge in [0, 0.05) is 6.04 Å². The smallest absolute Gasteiger partial charge is 0.315 e. The average molecular weight is 251 g/mol. The SMILES string of the molecule is Cc1nc(CNC(=O)NC2CCCCC2)oc1C. The van der Waals surface area contributed by atoms with Crippen LogP contribution in [0.5, 0.6) is 0 Å². The molecule has 5 nitrogen and oxygen atoms in total. The van der Waals surface area contributed by atoms with Gasteiger partial charge in [-0.1, -0.05) is 19.3 Å². The summed E-state index contributed by atoms with van der Waals surface area (Å²) in [6.45, 7) is 4.10. The number of hydrogen-bond donors (Lipinski definition) is 2. The predicted octanol–water partition coefficient (Wildman–Crippen LogP) is 2.42. The first-order chi connectivity index (χ1) is 8.65. The van der Waals surface area contributed by atoms with Gasteiger partial charge in [-0.05, 0) is 26.7 Å². The van der Waals surface area contributed by atoms with E-state index in [0.29, 0.717) is 18.5 Å². The van der Waals surface area contributed by atoms with Crippen molar-refractivity contribution in [1.29, 1.82) is 0 Å². The molecule has 2 rings (SSSR count). The number of nitrogens with one attached hydrogen (secondary N) is 2. The minimum Gasteiger partial charge on any atom is -0.444 e. The second-order valence-electron chi connectivity index (χ2n) is 4.91. The number of carbonyl (C=O) groups is 1. The summed E-state index contributed by atoms with van der Waals surface area (Å²) in [7, 11) is 0. The summed E-state index contributed by atoms with van der Waals surface area (Å²) in [5, 5.41) is 5.77. The van der Waals surface area contributed by atoms with Crippen LogP contribution in [0.2, 0.25) is 0 Å². The van der Waals surface area contributed by atoms with Gasteiger partial charge >= 0.3 is 6.03 Å². The Kier molecular flexibility index (Phi) is 4.23. The third kappa shape index (κ3) is 3.48. The van der Waals surface area contributed by atoms with Crippen LogP contribution in [0.3, 0.4) is 0 Å². The van der Waals surface area contributed by atoms with Gasteiger partial charge in [-0.2, -0.15) is 0 Å². The molecule has 0 aromatic carbocycles. The lowest BCUT2D eigenvalue weighted by molar-refractivity contribution is 0.231. The van der Waals surface area contributed by atoms with Gasteiger partial charge in [0.1, 0.15) is 5.76 Å². The summed E-state index contributed by atoms with van der Waals surface area (Å²) < 4.78 is 5.40. The molecule has 1 saturated carbocycles. The molecule has 2 amide bonds. The number of hydrogen-bond acceptors (Lipinski definition) is 3. The number of carbonyl (C=O) groups excluding carboxylic acids is 1. The lowest BCUT2D eigenvalue weighted by Crippen LogP contribution is -2.42. The Morgan fingerprint density at radius 1 is 1.33 bits per heavy atom. The van der Waals surface area contributed by atoms with Gasteiger partial charge in [0.25, 0.3) is 0 Å². The highest BCUT2D eigenvalue weighted by molar-refractivity contribution is 5.74. The van der Waals surface area contributed by atoms with Gasteiger partial charge in [0.05, 0.1) is 12.2 Å². The fraction of sp³-hybridized carbons (Fsp3) is 0.692. The van der Waals surface area contributed by atoms with E-state index in [1.165, 1.54) is 19.3 Å². The highest BCUT2D eigenvalue weighted by Crippen LogP contribution is 2.17. The van der Waals surface area contributed by atoms with Gasteiger partial charge in [-0.25, -0.2) is 9.78 Å². The molecule has 2 N–H and O–H groups in total. The highest BCUT2D eigenvalue weighted by Gasteiger charge is 2.15. The lowest BCUT2D eigenvalue weighted by atomic mass is 9.96. The number of aryl methyl sites for hydroxylation is 2. The van der Waals surface area contributed by atoms with E-state index in [1.807, 2.05) is 13.8 Å². The molecule has 0 radical (unpaired) electrons. The van der Waals surface area contributed by atoms with Gasteiger partial charge in [-0.3, -0.25) is 0 Å². The molecule has 0 saturated heterocycles. The topological polar surface area (TPSA) is 67.2 Å². The number of nitrogens with zero attached hydrogens (tertiary/aromatic N) is 1. The number of amides is 2. The van der Waals surface area contributed by atoms with Crippen molar-refractivity contribution in [3.63, 3.8) is 0 Å². The van der Waals surface area contributed by atoms with Gasteiger partial charge in [-0.15, -0.1) is 0 Å². The van der Waals surface area contributed by atoms with Crippen molar-refractivity contribution in [2.24, 2.45) is 0 Å². The van der Waals surface area contributed by atoms with E-state index in [-0.39, 0.29) is 6.03 Å². The molecule has 1 aliphatic carbocycles. The second-order valence-corrected chi connectivity index (χ2v) is 4.91. The summed E-state index contributed by atoms with van der Waals surface area (Å²) in [5.74, 6) is 1.36. The van der Waals surface area contributed by atoms with Crippen LogP contribution < -0.4 is 10.6 Å². The minimum absolute atomic E-state index is 0.129. The van der Waals surface area contributed by atoms with Gasteiger partial charge < -0.3 is 15.1 Å². The largest absolute Gasteiger partial charge is 0.444 e. The fourth-order valence-electron chi connectivity index (χ4n) is 2.25. The molecule has 18 heavy (non-hydrogen) atoms. The van der Waals surface area contributed by atoms with Crippen molar-refractivity contribution in [1.82, 2.24) is 15.6 Å². The van der Waals surface area contributed by atoms with Crippen LogP contribution in [-0.2, 0) is 6.54 Å². The quantitative estimate of drug-likeness (QED) is 0.867. The first-order valence-corrected chi connectivity index (χ1v) is 6.62. The van der Waals surface area contributed by atoms with E-state index < -0.39 is 0 Å². The molecule has 1 aromatic rings. The molecule has 0 unspecified atom stereocenters. The number of oxazole rings is 1. The normalized spacial score (nSPS) is 16.6. The summed E-state index contributed by atoms with van der Waals surface area (Å²) >= 11 is 0. The van der Waals surface area contributed by atoms with E-state index in [4.69, 9.17) is 4.42 Å². The summed E-state index contributed by atoms with van der Waals surface area (Å²) in [6.07, 6.45) is 5.89. The van der Waals surface area contributed by atoms with Crippen molar-refractivity contribution >= 4 is 6.03 Å². The molecular formula is C13H21N3O2. The van der Waals surface area contributed by atoms with Crippen molar-refractivity contribution < 1.29 is 9.21 Å². The molecule has 100 valence electrons. The van der Waals surface area contributed by atoms with E-state index in [1.54, 1.807) is 0 Å². The van der Waals surface area contributed by atoms with Crippen molar-refractivity contribution in [3.8, 4) is 0 Å². The van der Waals surface area contributed by atoms with Crippen molar-refractivity contribution in [2.45, 2.75) is 58.5 Å². The second kappa shape index (κ2) is 5.89. The van der Waals surface area contributed by atoms with E-state index in [2.05, 4.69) is 15.6 Å². The zero-order chi connectivity index (χ0) is 13.0. The summed E-state index contributed by atoms with van der Waals surface area (Å²) in [5.41, 5.74) is 0.875. The molecular weight excluding hydrogens is 230 g/mol. The summed E-state index contributed by atoms with van der Waals surface area (Å²) in [6, 6.07) is 0.196. The molecule has 1 aliphatic rings. The van der Waals surface area contributed by atoms with Crippen molar-refractivity contribution in [3.05, 3.63) is 17.3 Å². The molecule has 0 atom stereocenters. The number of rotatable bonds is 3. The monoisotopic (exact) mass is 251 g/mol. The maximum Gasteiger partial charge on any atom is 0.315 e. The molecule has 0 aliphatic heterocycles. The third-order valence-electron chi connectivity index (χ3n) is 3.41. The maximum atomic E-state index is 11.7. The van der Waals surface area contributed by atoms with E-state index in [9.17, 15) is 4.79 Å². The standard InChI is InChI=1S/C13H21N3O2/c1-9-10(2)18-12(15-9)8-14-13(17)16-11-6-4-3-5-7-11/h11H,3-8H2,1-2H3,(H2,14,16,17). The Morgan fingerprint density at radius 3 is 2.67 bits per heavy atom. The zero-order valence-electron chi connectivity index (χ0n) is 11.1.